The van der Waals surface area contributed by atoms with Gasteiger partial charge in [-0.15, -0.1) is 0 Å². The average molecular weight is 186 g/mol. The SMILES string of the molecule is CC(C(N)=O)c1ncc(F)cc1F. The topological polar surface area (TPSA) is 56.0 Å². The van der Waals surface area contributed by atoms with Crippen molar-refractivity contribution in [3.63, 3.8) is 0 Å². The molecule has 2 N–H and O–H groups in total. The van der Waals surface area contributed by atoms with Gasteiger partial charge < -0.3 is 5.73 Å². The standard InChI is InChI=1S/C8H8F2N2O/c1-4(8(11)13)7-6(10)2-5(9)3-12-7/h2-4H,1H3,(H2,11,13). The first-order valence-corrected chi connectivity index (χ1v) is 3.62. The Morgan fingerprint density at radius 2 is 2.23 bits per heavy atom. The Hall–Kier alpha value is -1.52. The molecule has 1 amide bonds. The summed E-state index contributed by atoms with van der Waals surface area (Å²) in [6.45, 7) is 1.41. The molecule has 0 aliphatic carbocycles. The molecule has 1 aromatic rings. The molecule has 0 spiro atoms. The van der Waals surface area contributed by atoms with Gasteiger partial charge in [0.15, 0.2) is 0 Å². The van der Waals surface area contributed by atoms with Gasteiger partial charge in [0, 0.05) is 6.07 Å². The Labute approximate surface area is 73.6 Å². The summed E-state index contributed by atoms with van der Waals surface area (Å²) in [5.74, 6) is -3.18. The highest BCUT2D eigenvalue weighted by Gasteiger charge is 2.17. The van der Waals surface area contributed by atoms with Gasteiger partial charge in [0.1, 0.15) is 11.6 Å². The fourth-order valence-electron chi connectivity index (χ4n) is 0.879. The maximum Gasteiger partial charge on any atom is 0.226 e. The summed E-state index contributed by atoms with van der Waals surface area (Å²) >= 11 is 0. The summed E-state index contributed by atoms with van der Waals surface area (Å²) in [6, 6.07) is 0.668. The van der Waals surface area contributed by atoms with E-state index in [9.17, 15) is 13.6 Å². The molecule has 0 radical (unpaired) electrons. The zero-order chi connectivity index (χ0) is 10.0. The molecule has 0 fully saturated rings. The summed E-state index contributed by atoms with van der Waals surface area (Å²) in [6.07, 6.45) is 0.845. The van der Waals surface area contributed by atoms with E-state index in [2.05, 4.69) is 4.98 Å². The number of halogens is 2. The highest BCUT2D eigenvalue weighted by atomic mass is 19.1. The molecule has 13 heavy (non-hydrogen) atoms. The number of pyridine rings is 1. The minimum atomic E-state index is -0.855. The fraction of sp³-hybridized carbons (Fsp3) is 0.250. The molecular formula is C8H8F2N2O. The maximum atomic E-state index is 13.0. The van der Waals surface area contributed by atoms with E-state index in [0.717, 1.165) is 6.20 Å². The van der Waals surface area contributed by atoms with Crippen LogP contribution in [-0.2, 0) is 4.79 Å². The van der Waals surface area contributed by atoms with Crippen molar-refractivity contribution in [2.45, 2.75) is 12.8 Å². The first-order valence-electron chi connectivity index (χ1n) is 3.62. The van der Waals surface area contributed by atoms with Crippen LogP contribution in [0.3, 0.4) is 0 Å². The predicted octanol–water partition coefficient (Wildman–Crippen LogP) is 0.949. The third-order valence-corrected chi connectivity index (χ3v) is 1.67. The van der Waals surface area contributed by atoms with Gasteiger partial charge in [-0.25, -0.2) is 8.78 Å². The van der Waals surface area contributed by atoms with E-state index < -0.39 is 23.5 Å². The van der Waals surface area contributed by atoms with Gasteiger partial charge in [-0.1, -0.05) is 0 Å². The van der Waals surface area contributed by atoms with Crippen molar-refractivity contribution in [1.82, 2.24) is 4.98 Å². The number of amides is 1. The van der Waals surface area contributed by atoms with Crippen LogP contribution in [-0.4, -0.2) is 10.9 Å². The number of aromatic nitrogens is 1. The van der Waals surface area contributed by atoms with Crippen molar-refractivity contribution < 1.29 is 13.6 Å². The molecule has 1 unspecified atom stereocenters. The lowest BCUT2D eigenvalue weighted by molar-refractivity contribution is -0.119. The number of carbonyl (C=O) groups excluding carboxylic acids is 1. The molecule has 0 saturated heterocycles. The number of carbonyl (C=O) groups is 1. The van der Waals surface area contributed by atoms with Crippen molar-refractivity contribution in [3.05, 3.63) is 29.6 Å². The molecule has 3 nitrogen and oxygen atoms in total. The summed E-state index contributed by atoms with van der Waals surface area (Å²) in [7, 11) is 0. The third kappa shape index (κ3) is 1.99. The number of hydrogen-bond donors (Lipinski definition) is 1. The van der Waals surface area contributed by atoms with Gasteiger partial charge in [0.05, 0.1) is 17.8 Å². The number of nitrogens with two attached hydrogens (primary N) is 1. The normalized spacial score (nSPS) is 12.5. The molecule has 1 rings (SSSR count). The number of rotatable bonds is 2. The second-order valence-corrected chi connectivity index (χ2v) is 2.64. The lowest BCUT2D eigenvalue weighted by Crippen LogP contribution is -2.20. The van der Waals surface area contributed by atoms with Crippen molar-refractivity contribution in [2.75, 3.05) is 0 Å². The van der Waals surface area contributed by atoms with E-state index in [1.54, 1.807) is 0 Å². The zero-order valence-corrected chi connectivity index (χ0v) is 6.92. The van der Waals surface area contributed by atoms with Crippen molar-refractivity contribution in [3.8, 4) is 0 Å². The Morgan fingerprint density at radius 3 is 2.69 bits per heavy atom. The molecular weight excluding hydrogens is 178 g/mol. The molecule has 0 aliphatic heterocycles. The Kier molecular flexibility index (Phi) is 2.55. The van der Waals surface area contributed by atoms with Crippen LogP contribution < -0.4 is 5.73 Å². The van der Waals surface area contributed by atoms with Crippen molar-refractivity contribution in [2.24, 2.45) is 5.73 Å². The molecule has 0 aromatic carbocycles. The molecule has 5 heteroatoms. The van der Waals surface area contributed by atoms with Crippen LogP contribution in [0, 0.1) is 11.6 Å². The van der Waals surface area contributed by atoms with Crippen LogP contribution in [0.2, 0.25) is 0 Å². The van der Waals surface area contributed by atoms with Gasteiger partial charge >= 0.3 is 0 Å². The largest absolute Gasteiger partial charge is 0.369 e. The summed E-state index contributed by atoms with van der Waals surface area (Å²) in [5.41, 5.74) is 4.80. The molecule has 1 aromatic heterocycles. The van der Waals surface area contributed by atoms with E-state index in [4.69, 9.17) is 5.73 Å². The van der Waals surface area contributed by atoms with E-state index in [1.165, 1.54) is 6.92 Å². The third-order valence-electron chi connectivity index (χ3n) is 1.67. The van der Waals surface area contributed by atoms with Crippen LogP contribution in [0.15, 0.2) is 12.3 Å². The van der Waals surface area contributed by atoms with E-state index in [-0.39, 0.29) is 5.69 Å². The zero-order valence-electron chi connectivity index (χ0n) is 6.92. The average Bonchev–Trinajstić information content (AvgIpc) is 2.03. The van der Waals surface area contributed by atoms with E-state index >= 15 is 0 Å². The van der Waals surface area contributed by atoms with Gasteiger partial charge in [-0.05, 0) is 6.92 Å². The van der Waals surface area contributed by atoms with E-state index in [0.29, 0.717) is 6.07 Å². The molecule has 1 heterocycles. The first-order chi connectivity index (χ1) is 6.02. The lowest BCUT2D eigenvalue weighted by atomic mass is 10.1. The van der Waals surface area contributed by atoms with Crippen LogP contribution in [0.5, 0.6) is 0 Å². The summed E-state index contributed by atoms with van der Waals surface area (Å²) in [4.78, 5) is 14.1. The number of primary amides is 1. The summed E-state index contributed by atoms with van der Waals surface area (Å²) in [5, 5.41) is 0. The van der Waals surface area contributed by atoms with Crippen LogP contribution in [0.25, 0.3) is 0 Å². The first kappa shape index (κ1) is 9.57. The smallest absolute Gasteiger partial charge is 0.226 e. The monoisotopic (exact) mass is 186 g/mol. The second-order valence-electron chi connectivity index (χ2n) is 2.64. The second kappa shape index (κ2) is 3.47. The number of nitrogens with zero attached hydrogens (tertiary/aromatic N) is 1. The molecule has 0 bridgehead atoms. The highest BCUT2D eigenvalue weighted by molar-refractivity contribution is 5.80. The molecule has 70 valence electrons. The van der Waals surface area contributed by atoms with Crippen LogP contribution in [0.1, 0.15) is 18.5 Å². The van der Waals surface area contributed by atoms with Gasteiger partial charge in [0.25, 0.3) is 0 Å². The Balaban J connectivity index is 3.08. The maximum absolute atomic E-state index is 13.0. The van der Waals surface area contributed by atoms with Crippen molar-refractivity contribution in [1.29, 1.82) is 0 Å². The molecule has 0 aliphatic rings. The molecule has 0 saturated carbocycles. The van der Waals surface area contributed by atoms with Gasteiger partial charge in [0.2, 0.25) is 5.91 Å². The van der Waals surface area contributed by atoms with E-state index in [1.807, 2.05) is 0 Å². The molecule has 1 atom stereocenters. The minimum Gasteiger partial charge on any atom is -0.369 e. The number of hydrogen-bond acceptors (Lipinski definition) is 2. The summed E-state index contributed by atoms with van der Waals surface area (Å²) < 4.78 is 25.3. The van der Waals surface area contributed by atoms with Crippen LogP contribution in [0.4, 0.5) is 8.78 Å². The fourth-order valence-corrected chi connectivity index (χ4v) is 0.879. The predicted molar refractivity (Wildman–Crippen MR) is 41.8 cm³/mol. The Morgan fingerprint density at radius 1 is 1.62 bits per heavy atom. The minimum absolute atomic E-state index is 0.131. The van der Waals surface area contributed by atoms with Crippen LogP contribution >= 0.6 is 0 Å². The van der Waals surface area contributed by atoms with Gasteiger partial charge in [-0.3, -0.25) is 9.78 Å². The highest BCUT2D eigenvalue weighted by Crippen LogP contribution is 2.16. The van der Waals surface area contributed by atoms with Gasteiger partial charge in [-0.2, -0.15) is 0 Å². The quantitative estimate of drug-likeness (QED) is 0.747. The lowest BCUT2D eigenvalue weighted by Gasteiger charge is -2.06. The van der Waals surface area contributed by atoms with Crippen molar-refractivity contribution >= 4 is 5.91 Å². The Bertz CT molecular complexity index is 341.